The van der Waals surface area contributed by atoms with Crippen LogP contribution in [-0.4, -0.2) is 33.9 Å². The number of hydroxylamine groups is 3. The highest BCUT2D eigenvalue weighted by atomic mass is 16.6. The van der Waals surface area contributed by atoms with Crippen molar-refractivity contribution in [3.8, 4) is 0 Å². The van der Waals surface area contributed by atoms with Crippen molar-refractivity contribution in [1.82, 2.24) is 4.98 Å². The summed E-state index contributed by atoms with van der Waals surface area (Å²) in [4.78, 5) is 4.35. The molecule has 3 aliphatic rings. The average molecular weight is 310 g/mol. The predicted molar refractivity (Wildman–Crippen MR) is 90.3 cm³/mol. The Morgan fingerprint density at radius 1 is 1.35 bits per heavy atom. The number of aromatic nitrogens is 1. The zero-order valence-electron chi connectivity index (χ0n) is 13.1. The minimum absolute atomic E-state index is 0.282. The van der Waals surface area contributed by atoms with Gasteiger partial charge in [0.15, 0.2) is 0 Å². The Balaban J connectivity index is 1.72. The summed E-state index contributed by atoms with van der Waals surface area (Å²) in [6, 6.07) is 9.37. The maximum atomic E-state index is 13.3. The molecule has 4 nitrogen and oxygen atoms in total. The van der Waals surface area contributed by atoms with Crippen LogP contribution in [0.5, 0.6) is 0 Å². The van der Waals surface area contributed by atoms with Gasteiger partial charge in [0.1, 0.15) is 12.1 Å². The van der Waals surface area contributed by atoms with Crippen LogP contribution < -0.4 is 0 Å². The van der Waals surface area contributed by atoms with E-state index in [9.17, 15) is 10.3 Å². The van der Waals surface area contributed by atoms with E-state index in [0.29, 0.717) is 24.9 Å². The van der Waals surface area contributed by atoms with E-state index in [1.807, 2.05) is 36.4 Å². The topological polar surface area (TPSA) is 56.2 Å². The molecule has 0 radical (unpaired) electrons. The molecule has 120 valence electrons. The van der Waals surface area contributed by atoms with Crippen LogP contribution in [0, 0.1) is 17.0 Å². The number of quaternary nitrogens is 1. The number of para-hydroxylation sites is 1. The molecule has 1 aromatic carbocycles. The third-order valence-electron chi connectivity index (χ3n) is 5.82. The van der Waals surface area contributed by atoms with Crippen LogP contribution in [0.3, 0.4) is 0 Å². The Labute approximate surface area is 136 Å². The normalized spacial score (nSPS) is 34.4. The van der Waals surface area contributed by atoms with Gasteiger partial charge in [0.05, 0.1) is 18.6 Å². The van der Waals surface area contributed by atoms with E-state index in [-0.39, 0.29) is 10.7 Å². The number of nitrogens with zero attached hydrogens (tertiary/aromatic N) is 2. The van der Waals surface area contributed by atoms with Crippen molar-refractivity contribution < 1.29 is 9.75 Å². The number of rotatable bonds is 3. The first-order valence-corrected chi connectivity index (χ1v) is 8.34. The van der Waals surface area contributed by atoms with E-state index in [1.54, 1.807) is 6.20 Å². The van der Waals surface area contributed by atoms with Gasteiger partial charge < -0.3 is 15.0 Å². The molecule has 0 unspecified atom stereocenters. The third-order valence-corrected chi connectivity index (χ3v) is 5.82. The lowest BCUT2D eigenvalue weighted by molar-refractivity contribution is -0.929. The van der Waals surface area contributed by atoms with Gasteiger partial charge in [-0.25, -0.2) is 0 Å². The molecule has 4 heteroatoms. The molecule has 2 bridgehead atoms. The van der Waals surface area contributed by atoms with Crippen LogP contribution in [0.2, 0.25) is 0 Å². The fourth-order valence-electron chi connectivity index (χ4n) is 4.53. The number of aliphatic hydroxyl groups is 1. The molecule has 23 heavy (non-hydrogen) atoms. The van der Waals surface area contributed by atoms with Crippen molar-refractivity contribution in [2.45, 2.75) is 25.0 Å². The second-order valence-electron chi connectivity index (χ2n) is 6.97. The lowest BCUT2D eigenvalue weighted by atomic mass is 9.73. The Morgan fingerprint density at radius 3 is 2.96 bits per heavy atom. The monoisotopic (exact) mass is 310 g/mol. The molecule has 2 aromatic rings. The fraction of sp³-hybridized carbons (Fsp3) is 0.421. The number of hydrogen-bond donors (Lipinski definition) is 1. The summed E-state index contributed by atoms with van der Waals surface area (Å²) in [5.74, 6) is 0.771. The molecule has 5 atom stereocenters. The van der Waals surface area contributed by atoms with Crippen LogP contribution in [0.25, 0.3) is 10.9 Å². The molecule has 3 fully saturated rings. The van der Waals surface area contributed by atoms with Crippen LogP contribution >= 0.6 is 0 Å². The first kappa shape index (κ1) is 14.8. The number of pyridine rings is 1. The van der Waals surface area contributed by atoms with E-state index in [2.05, 4.69) is 11.6 Å². The molecule has 0 aliphatic carbocycles. The summed E-state index contributed by atoms with van der Waals surface area (Å²) in [5, 5.41) is 25.3. The summed E-state index contributed by atoms with van der Waals surface area (Å²) < 4.78 is -0.287. The molecule has 5 rings (SSSR count). The third kappa shape index (κ3) is 2.29. The maximum Gasteiger partial charge on any atom is 0.132 e. The second-order valence-corrected chi connectivity index (χ2v) is 6.97. The lowest BCUT2D eigenvalue weighted by Gasteiger charge is -2.61. The quantitative estimate of drug-likeness (QED) is 0.538. The molecule has 0 amide bonds. The first-order chi connectivity index (χ1) is 11.1. The van der Waals surface area contributed by atoms with Gasteiger partial charge >= 0.3 is 0 Å². The van der Waals surface area contributed by atoms with E-state index < -0.39 is 6.10 Å². The number of benzene rings is 1. The Bertz CT molecular complexity index is 742. The molecule has 1 aromatic heterocycles. The fourth-order valence-corrected chi connectivity index (χ4v) is 4.53. The number of hydrogen-bond acceptors (Lipinski definition) is 3. The van der Waals surface area contributed by atoms with Gasteiger partial charge in [-0.15, -0.1) is 6.58 Å². The number of fused-ring (bicyclic) bond motifs is 4. The average Bonchev–Trinajstić information content (AvgIpc) is 2.60. The molecular formula is C19H22N2O2. The Hall–Kier alpha value is -1.75. The molecule has 3 aliphatic heterocycles. The number of aliphatic hydroxyl groups excluding tert-OH is 1. The highest BCUT2D eigenvalue weighted by molar-refractivity contribution is 5.82. The van der Waals surface area contributed by atoms with Crippen LogP contribution in [0.1, 0.15) is 24.5 Å². The van der Waals surface area contributed by atoms with E-state index in [4.69, 9.17) is 0 Å². The number of piperidine rings is 3. The smallest absolute Gasteiger partial charge is 0.132 e. The van der Waals surface area contributed by atoms with Crippen molar-refractivity contribution in [2.75, 3.05) is 13.1 Å². The summed E-state index contributed by atoms with van der Waals surface area (Å²) in [7, 11) is 0. The minimum atomic E-state index is -0.742. The van der Waals surface area contributed by atoms with Crippen molar-refractivity contribution >= 4 is 10.9 Å². The van der Waals surface area contributed by atoms with Crippen LogP contribution in [0.4, 0.5) is 0 Å². The van der Waals surface area contributed by atoms with Crippen molar-refractivity contribution in [1.29, 1.82) is 0 Å². The minimum Gasteiger partial charge on any atom is -0.632 e. The summed E-state index contributed by atoms with van der Waals surface area (Å²) in [6.07, 6.45) is 4.63. The molecule has 0 spiro atoms. The highest BCUT2D eigenvalue weighted by Gasteiger charge is 2.49. The zero-order valence-corrected chi connectivity index (χ0v) is 13.1. The molecule has 0 saturated carbocycles. The van der Waals surface area contributed by atoms with Crippen molar-refractivity contribution in [3.63, 3.8) is 0 Å². The Kier molecular flexibility index (Phi) is 3.48. The van der Waals surface area contributed by atoms with Crippen molar-refractivity contribution in [2.24, 2.45) is 11.8 Å². The predicted octanol–water partition coefficient (Wildman–Crippen LogP) is 3.18. The SMILES string of the molecule is C=C[C@H]1C[N@+]2([O-])CC[C@H]1C[C@@H]2[C@@H](O)c1ccnc2ccccc12. The van der Waals surface area contributed by atoms with E-state index >= 15 is 0 Å². The standard InChI is InChI=1S/C19H22N2O2/c1-2-13-12-21(23)10-8-14(13)11-18(21)19(22)16-7-9-20-17-6-4-3-5-15(16)17/h2-7,9,13-14,18-19,22H,1,8,10-12H2/t13-,14-,18+,19-,21+/m0/s1. The first-order valence-electron chi connectivity index (χ1n) is 8.34. The van der Waals surface area contributed by atoms with Gasteiger partial charge in [0, 0.05) is 30.3 Å². The van der Waals surface area contributed by atoms with Crippen molar-refractivity contribution in [3.05, 3.63) is 60.0 Å². The largest absolute Gasteiger partial charge is 0.632 e. The second kappa shape index (κ2) is 5.41. The van der Waals surface area contributed by atoms with Gasteiger partial charge in [-0.1, -0.05) is 24.3 Å². The van der Waals surface area contributed by atoms with Gasteiger partial charge in [0.2, 0.25) is 0 Å². The van der Waals surface area contributed by atoms with E-state index in [1.165, 1.54) is 0 Å². The van der Waals surface area contributed by atoms with Gasteiger partial charge in [-0.05, 0) is 23.6 Å². The summed E-state index contributed by atoms with van der Waals surface area (Å²) in [6.45, 7) is 5.05. The molecule has 3 saturated heterocycles. The van der Waals surface area contributed by atoms with Gasteiger partial charge in [-0.3, -0.25) is 4.98 Å². The molecule has 4 heterocycles. The molecular weight excluding hydrogens is 288 g/mol. The van der Waals surface area contributed by atoms with Crippen LogP contribution in [-0.2, 0) is 0 Å². The molecule has 1 N–H and O–H groups in total. The highest BCUT2D eigenvalue weighted by Crippen LogP contribution is 2.46. The van der Waals surface area contributed by atoms with E-state index in [0.717, 1.165) is 29.3 Å². The lowest BCUT2D eigenvalue weighted by Crippen LogP contribution is -2.64. The zero-order chi connectivity index (χ0) is 16.0. The maximum absolute atomic E-state index is 13.3. The Morgan fingerprint density at radius 2 is 2.17 bits per heavy atom. The van der Waals surface area contributed by atoms with Gasteiger partial charge in [0.25, 0.3) is 0 Å². The summed E-state index contributed by atoms with van der Waals surface area (Å²) >= 11 is 0. The van der Waals surface area contributed by atoms with Crippen LogP contribution in [0.15, 0.2) is 49.2 Å². The summed E-state index contributed by atoms with van der Waals surface area (Å²) in [5.41, 5.74) is 1.69. The van der Waals surface area contributed by atoms with Gasteiger partial charge in [-0.2, -0.15) is 0 Å².